The first kappa shape index (κ1) is 14.3. The smallest absolute Gasteiger partial charge is 0.0931 e. The minimum Gasteiger partial charge on any atom is -0.387 e. The third kappa shape index (κ3) is 2.90. The molecule has 1 N–H and O–H groups in total. The number of aliphatic hydroxyl groups is 1. The topological polar surface area (TPSA) is 39.6 Å². The summed E-state index contributed by atoms with van der Waals surface area (Å²) in [5.74, 6) is 0. The summed E-state index contributed by atoms with van der Waals surface area (Å²) in [6, 6.07) is 3.94. The number of nitrogens with zero attached hydrogens (tertiary/aromatic N) is 3. The van der Waals surface area contributed by atoms with E-state index in [9.17, 15) is 5.11 Å². The molecule has 0 aromatic carbocycles. The van der Waals surface area contributed by atoms with Crippen LogP contribution >= 0.6 is 0 Å². The molecule has 1 fully saturated rings. The molecule has 1 heterocycles. The van der Waals surface area contributed by atoms with E-state index in [1.54, 1.807) is 6.92 Å². The predicted octanol–water partition coefficient (Wildman–Crippen LogP) is 2.06. The fourth-order valence-electron chi connectivity index (χ4n) is 2.73. The third-order valence-electron chi connectivity index (χ3n) is 4.40. The second kappa shape index (κ2) is 5.47. The molecule has 106 valence electrons. The zero-order chi connectivity index (χ0) is 14.0. The molecular weight excluding hydrogens is 238 g/mol. The van der Waals surface area contributed by atoms with Gasteiger partial charge >= 0.3 is 0 Å². The SMILES string of the molecule is C[C@@H](O)c1ccc(N(C)CC2(N(C)C)CCC2)cn1. The van der Waals surface area contributed by atoms with Crippen LogP contribution in [0.1, 0.15) is 38.0 Å². The van der Waals surface area contributed by atoms with Gasteiger partial charge in [-0.15, -0.1) is 0 Å². The van der Waals surface area contributed by atoms with E-state index in [0.717, 1.165) is 17.9 Å². The van der Waals surface area contributed by atoms with Crippen molar-refractivity contribution in [2.24, 2.45) is 0 Å². The Hall–Kier alpha value is -1.13. The van der Waals surface area contributed by atoms with Gasteiger partial charge in [-0.25, -0.2) is 0 Å². The number of anilines is 1. The van der Waals surface area contributed by atoms with Gasteiger partial charge < -0.3 is 14.9 Å². The van der Waals surface area contributed by atoms with Crippen LogP contribution in [-0.2, 0) is 0 Å². The molecule has 0 bridgehead atoms. The summed E-state index contributed by atoms with van der Waals surface area (Å²) in [7, 11) is 6.45. The van der Waals surface area contributed by atoms with Crippen LogP contribution in [0.3, 0.4) is 0 Å². The van der Waals surface area contributed by atoms with Gasteiger partial charge in [-0.05, 0) is 52.4 Å². The van der Waals surface area contributed by atoms with Crippen LogP contribution in [0.5, 0.6) is 0 Å². The standard InChI is InChI=1S/C15H25N3O/c1-12(19)14-7-6-13(10-16-14)18(4)11-15(17(2)3)8-5-9-15/h6-7,10,12,19H,5,8-9,11H2,1-4H3/t12-/m1/s1. The highest BCUT2D eigenvalue weighted by Gasteiger charge is 2.39. The Balaban J connectivity index is 2.05. The highest BCUT2D eigenvalue weighted by atomic mass is 16.3. The Labute approximate surface area is 116 Å². The monoisotopic (exact) mass is 263 g/mol. The maximum Gasteiger partial charge on any atom is 0.0931 e. The molecule has 4 heteroatoms. The summed E-state index contributed by atoms with van der Waals surface area (Å²) >= 11 is 0. The van der Waals surface area contributed by atoms with Gasteiger partial charge in [-0.2, -0.15) is 0 Å². The van der Waals surface area contributed by atoms with Gasteiger partial charge in [-0.1, -0.05) is 0 Å². The van der Waals surface area contributed by atoms with Gasteiger partial charge in [0.15, 0.2) is 0 Å². The van der Waals surface area contributed by atoms with Crippen LogP contribution in [0.25, 0.3) is 0 Å². The highest BCUT2D eigenvalue weighted by Crippen LogP contribution is 2.37. The average molecular weight is 263 g/mol. The molecule has 4 nitrogen and oxygen atoms in total. The van der Waals surface area contributed by atoms with Crippen molar-refractivity contribution in [3.8, 4) is 0 Å². The number of likely N-dealkylation sites (N-methyl/N-ethyl adjacent to an activating group) is 2. The molecule has 1 aromatic rings. The van der Waals surface area contributed by atoms with Crippen LogP contribution in [0.2, 0.25) is 0 Å². The van der Waals surface area contributed by atoms with Crippen molar-refractivity contribution in [2.75, 3.05) is 32.6 Å². The van der Waals surface area contributed by atoms with Crippen LogP contribution in [-0.4, -0.2) is 48.2 Å². The molecule has 0 spiro atoms. The quantitative estimate of drug-likeness (QED) is 0.882. The normalized spacial score (nSPS) is 19.1. The summed E-state index contributed by atoms with van der Waals surface area (Å²) in [6.45, 7) is 2.76. The zero-order valence-corrected chi connectivity index (χ0v) is 12.4. The van der Waals surface area contributed by atoms with Gasteiger partial charge in [0.25, 0.3) is 0 Å². The summed E-state index contributed by atoms with van der Waals surface area (Å²) < 4.78 is 0. The average Bonchev–Trinajstić information content (AvgIpc) is 2.33. The lowest BCUT2D eigenvalue weighted by Crippen LogP contribution is -2.56. The third-order valence-corrected chi connectivity index (χ3v) is 4.40. The number of aliphatic hydroxyl groups excluding tert-OH is 1. The van der Waals surface area contributed by atoms with Crippen molar-refractivity contribution < 1.29 is 5.11 Å². The van der Waals surface area contributed by atoms with Crippen molar-refractivity contribution in [3.05, 3.63) is 24.0 Å². The molecule has 1 aromatic heterocycles. The lowest BCUT2D eigenvalue weighted by Gasteiger charge is -2.49. The fourth-order valence-corrected chi connectivity index (χ4v) is 2.73. The van der Waals surface area contributed by atoms with Crippen molar-refractivity contribution in [1.29, 1.82) is 0 Å². The Morgan fingerprint density at radius 2 is 2.00 bits per heavy atom. The largest absolute Gasteiger partial charge is 0.387 e. The molecule has 19 heavy (non-hydrogen) atoms. The molecule has 1 saturated carbocycles. The van der Waals surface area contributed by atoms with Crippen LogP contribution in [0.15, 0.2) is 18.3 Å². The van der Waals surface area contributed by atoms with E-state index < -0.39 is 6.10 Å². The first-order valence-corrected chi connectivity index (χ1v) is 6.97. The second-order valence-electron chi connectivity index (χ2n) is 5.95. The molecule has 1 aliphatic rings. The molecular formula is C15H25N3O. The van der Waals surface area contributed by atoms with Gasteiger partial charge in [0.05, 0.1) is 23.7 Å². The molecule has 0 unspecified atom stereocenters. The van der Waals surface area contributed by atoms with Crippen molar-refractivity contribution in [3.63, 3.8) is 0 Å². The van der Waals surface area contributed by atoms with E-state index in [-0.39, 0.29) is 0 Å². The predicted molar refractivity (Wildman–Crippen MR) is 78.4 cm³/mol. The molecule has 0 radical (unpaired) electrons. The first-order valence-electron chi connectivity index (χ1n) is 6.97. The summed E-state index contributed by atoms with van der Waals surface area (Å²) in [4.78, 5) is 8.93. The summed E-state index contributed by atoms with van der Waals surface area (Å²) in [5, 5.41) is 9.48. The zero-order valence-electron chi connectivity index (χ0n) is 12.4. The number of rotatable bonds is 5. The number of pyridine rings is 1. The maximum atomic E-state index is 9.48. The van der Waals surface area contributed by atoms with Crippen molar-refractivity contribution in [2.45, 2.75) is 37.8 Å². The van der Waals surface area contributed by atoms with Crippen molar-refractivity contribution >= 4 is 5.69 Å². The molecule has 1 aliphatic carbocycles. The number of aromatic nitrogens is 1. The molecule has 0 saturated heterocycles. The summed E-state index contributed by atoms with van der Waals surface area (Å²) in [5.41, 5.74) is 2.15. The van der Waals surface area contributed by atoms with Crippen LogP contribution in [0, 0.1) is 0 Å². The van der Waals surface area contributed by atoms with E-state index >= 15 is 0 Å². The molecule has 0 aliphatic heterocycles. The van der Waals surface area contributed by atoms with Gasteiger partial charge in [-0.3, -0.25) is 4.98 Å². The Kier molecular flexibility index (Phi) is 4.11. The number of hydrogen-bond acceptors (Lipinski definition) is 4. The molecule has 2 rings (SSSR count). The lowest BCUT2D eigenvalue weighted by molar-refractivity contribution is 0.0683. The lowest BCUT2D eigenvalue weighted by atomic mass is 9.75. The van der Waals surface area contributed by atoms with E-state index in [1.165, 1.54) is 19.3 Å². The maximum absolute atomic E-state index is 9.48. The Bertz CT molecular complexity index is 410. The Morgan fingerprint density at radius 1 is 1.32 bits per heavy atom. The second-order valence-corrected chi connectivity index (χ2v) is 5.95. The van der Waals surface area contributed by atoms with E-state index in [0.29, 0.717) is 5.54 Å². The van der Waals surface area contributed by atoms with E-state index in [4.69, 9.17) is 0 Å². The minimum atomic E-state index is -0.501. The first-order chi connectivity index (χ1) is 8.94. The van der Waals surface area contributed by atoms with Gasteiger partial charge in [0.1, 0.15) is 0 Å². The van der Waals surface area contributed by atoms with Gasteiger partial charge in [0, 0.05) is 19.1 Å². The Morgan fingerprint density at radius 3 is 2.37 bits per heavy atom. The number of hydrogen-bond donors (Lipinski definition) is 1. The molecule has 1 atom stereocenters. The van der Waals surface area contributed by atoms with Crippen molar-refractivity contribution in [1.82, 2.24) is 9.88 Å². The summed E-state index contributed by atoms with van der Waals surface area (Å²) in [6.07, 6.45) is 5.21. The van der Waals surface area contributed by atoms with Crippen LogP contribution in [0.4, 0.5) is 5.69 Å². The van der Waals surface area contributed by atoms with E-state index in [1.807, 2.05) is 18.3 Å². The minimum absolute atomic E-state index is 0.317. The molecule has 0 amide bonds. The fraction of sp³-hybridized carbons (Fsp3) is 0.667. The van der Waals surface area contributed by atoms with Crippen LogP contribution < -0.4 is 4.90 Å². The van der Waals surface area contributed by atoms with E-state index in [2.05, 4.69) is 35.9 Å². The van der Waals surface area contributed by atoms with Gasteiger partial charge in [0.2, 0.25) is 0 Å². The highest BCUT2D eigenvalue weighted by molar-refractivity contribution is 5.44.